The van der Waals surface area contributed by atoms with Crippen molar-refractivity contribution in [2.24, 2.45) is 21.0 Å². The van der Waals surface area contributed by atoms with Gasteiger partial charge >= 0.3 is 0 Å². The van der Waals surface area contributed by atoms with E-state index >= 15 is 0 Å². The van der Waals surface area contributed by atoms with Crippen LogP contribution in [-0.4, -0.2) is 33.1 Å². The van der Waals surface area contributed by atoms with E-state index in [0.29, 0.717) is 33.9 Å². The molecule has 4 aromatic carbocycles. The zero-order valence-electron chi connectivity index (χ0n) is 45.1. The van der Waals surface area contributed by atoms with Gasteiger partial charge in [-0.25, -0.2) is 0 Å². The minimum absolute atomic E-state index is 0.0137. The summed E-state index contributed by atoms with van der Waals surface area (Å²) in [5.74, 6) is 0.0303. The molecule has 0 spiro atoms. The van der Waals surface area contributed by atoms with Crippen LogP contribution in [0.25, 0.3) is 0 Å². The molecule has 71 heavy (non-hydrogen) atoms. The van der Waals surface area contributed by atoms with Gasteiger partial charge in [0.15, 0.2) is 0 Å². The zero-order valence-corrected chi connectivity index (χ0v) is 46.8. The molecule has 8 nitrogen and oxygen atoms in total. The summed E-state index contributed by atoms with van der Waals surface area (Å²) in [6.45, 7) is 35.5. The number of hydrogen-bond donors (Lipinski definition) is 6. The molecule has 0 fully saturated rings. The molecule has 0 aliphatic heterocycles. The molecule has 376 valence electrons. The molecule has 4 aromatic rings. The number of benzene rings is 4. The second kappa shape index (κ2) is 20.9. The fraction of sp³-hybridized carbons (Fsp3) is 0.410. The van der Waals surface area contributed by atoms with Gasteiger partial charge in [0.2, 0.25) is 0 Å². The number of rotatable bonds is 14. The van der Waals surface area contributed by atoms with Crippen molar-refractivity contribution in [3.8, 4) is 11.5 Å². The van der Waals surface area contributed by atoms with Crippen LogP contribution in [0.2, 0.25) is 0 Å². The van der Waals surface area contributed by atoms with E-state index in [1.807, 2.05) is 48.6 Å². The van der Waals surface area contributed by atoms with E-state index < -0.39 is 0 Å². The van der Waals surface area contributed by atoms with Crippen LogP contribution in [0.3, 0.4) is 0 Å². The minimum Gasteiger partial charge on any atom is -0.505 e. The standard InChI is InChI=1S/C61H78N6O2S2/c1-56(2,3)36-60(13,14)42-30-38(54(68)52(32-42)66-64-50-27-25-46(34-48(50)62)70-44-21-17-40(18-22-44)58(7,8)9)29-39-31-43(61(15,16)37-57(4,5)6)33-53(55(39)69)67-65-51-28-26-47(35-49(51)63)71-45-23-19-41(20-24-45)59(10,11)12/h17-28,30-35,62-63,66-69H,29,36-37H2,1-16H3/b62-48?,63-49?,64-50-,65-51-. The average Bonchev–Trinajstić information content (AvgIpc) is 3.23. The largest absolute Gasteiger partial charge is 0.505 e. The van der Waals surface area contributed by atoms with Crippen LogP contribution in [-0.2, 0) is 28.1 Å². The van der Waals surface area contributed by atoms with E-state index in [1.165, 1.54) is 11.1 Å². The van der Waals surface area contributed by atoms with Gasteiger partial charge in [0, 0.05) is 37.1 Å². The van der Waals surface area contributed by atoms with Gasteiger partial charge in [-0.2, -0.15) is 10.2 Å². The summed E-state index contributed by atoms with van der Waals surface area (Å²) < 4.78 is 0. The first-order valence-electron chi connectivity index (χ1n) is 24.7. The lowest BCUT2D eigenvalue weighted by Gasteiger charge is -2.34. The van der Waals surface area contributed by atoms with Gasteiger partial charge in [-0.3, -0.25) is 21.7 Å². The molecule has 0 radical (unpaired) electrons. The summed E-state index contributed by atoms with van der Waals surface area (Å²) in [6, 6.07) is 25.2. The van der Waals surface area contributed by atoms with E-state index in [0.717, 1.165) is 43.6 Å². The highest BCUT2D eigenvalue weighted by molar-refractivity contribution is 8.03. The van der Waals surface area contributed by atoms with E-state index in [-0.39, 0.29) is 61.8 Å². The van der Waals surface area contributed by atoms with Crippen molar-refractivity contribution in [1.29, 1.82) is 10.8 Å². The summed E-state index contributed by atoms with van der Waals surface area (Å²) in [5.41, 5.74) is 13.9. The Bertz CT molecular complexity index is 2650. The number of hydrazone groups is 2. The van der Waals surface area contributed by atoms with E-state index in [4.69, 9.17) is 10.8 Å². The first-order chi connectivity index (χ1) is 32.8. The first-order valence-corrected chi connectivity index (χ1v) is 26.3. The Balaban J connectivity index is 1.32. The quantitative estimate of drug-likeness (QED) is 0.0423. The molecule has 0 bridgehead atoms. The number of hydrogen-bond acceptors (Lipinski definition) is 10. The SMILES string of the molecule is CC(C)(C)CC(C)(C)c1cc(Cc2cc(C(C)(C)CC(C)(C)C)cc(N/N=C3/C=CC(Sc4ccc(C(C)(C)C)cc4)=CC3=N)c2O)c(O)c(N/N=C2/C=CC(Sc3ccc(C(C)(C)C)cc3)=CC2=N)c1. The number of anilines is 2. The van der Waals surface area contributed by atoms with Gasteiger partial charge in [0.05, 0.1) is 22.8 Å². The van der Waals surface area contributed by atoms with Crippen LogP contribution in [0.1, 0.15) is 157 Å². The summed E-state index contributed by atoms with van der Waals surface area (Å²) >= 11 is 3.21. The van der Waals surface area contributed by atoms with E-state index in [2.05, 4.69) is 192 Å². The maximum atomic E-state index is 12.2. The summed E-state index contributed by atoms with van der Waals surface area (Å²) in [7, 11) is 0. The number of phenols is 2. The Morgan fingerprint density at radius 3 is 1.10 bits per heavy atom. The molecule has 0 unspecified atom stereocenters. The monoisotopic (exact) mass is 991 g/mol. The third-order valence-corrected chi connectivity index (χ3v) is 14.7. The Morgan fingerprint density at radius 1 is 0.465 bits per heavy atom. The van der Waals surface area contributed by atoms with Crippen LogP contribution in [0.4, 0.5) is 11.4 Å². The predicted octanol–water partition coefficient (Wildman–Crippen LogP) is 16.8. The number of nitrogens with zero attached hydrogens (tertiary/aromatic N) is 2. The number of phenolic OH excluding ortho intramolecular Hbond substituents is 2. The van der Waals surface area contributed by atoms with Gasteiger partial charge < -0.3 is 10.2 Å². The molecule has 0 saturated carbocycles. The lowest BCUT2D eigenvalue weighted by Crippen LogP contribution is -2.25. The van der Waals surface area contributed by atoms with E-state index in [1.54, 1.807) is 23.5 Å². The third kappa shape index (κ3) is 14.8. The molecule has 0 amide bonds. The van der Waals surface area contributed by atoms with Gasteiger partial charge in [0.25, 0.3) is 0 Å². The Hall–Kier alpha value is -5.58. The van der Waals surface area contributed by atoms with Crippen LogP contribution < -0.4 is 10.9 Å². The van der Waals surface area contributed by atoms with Gasteiger partial charge in [-0.1, -0.05) is 171 Å². The fourth-order valence-corrected chi connectivity index (χ4v) is 11.3. The second-order valence-corrected chi connectivity index (χ2v) is 27.3. The van der Waals surface area contributed by atoms with Crippen molar-refractivity contribution in [2.45, 2.75) is 161 Å². The zero-order chi connectivity index (χ0) is 52.5. The molecule has 2 aliphatic rings. The Labute approximate surface area is 433 Å². The highest BCUT2D eigenvalue weighted by Gasteiger charge is 2.32. The molecule has 0 heterocycles. The molecule has 0 aromatic heterocycles. The number of thioether (sulfide) groups is 2. The van der Waals surface area contributed by atoms with Crippen molar-refractivity contribution >= 4 is 57.7 Å². The lowest BCUT2D eigenvalue weighted by atomic mass is 9.71. The van der Waals surface area contributed by atoms with Gasteiger partial charge in [-0.15, -0.1) is 0 Å². The molecule has 6 rings (SSSR count). The molecule has 2 aliphatic carbocycles. The summed E-state index contributed by atoms with van der Waals surface area (Å²) in [5, 5.41) is 51.6. The maximum Gasteiger partial charge on any atom is 0.144 e. The number of nitrogens with one attached hydrogen (secondary N) is 4. The Kier molecular flexibility index (Phi) is 16.1. The molecule has 0 atom stereocenters. The lowest BCUT2D eigenvalue weighted by molar-refractivity contribution is 0.283. The molecule has 6 N–H and O–H groups in total. The molecular formula is C61H78N6O2S2. The van der Waals surface area contributed by atoms with Crippen molar-refractivity contribution < 1.29 is 10.2 Å². The van der Waals surface area contributed by atoms with Crippen LogP contribution in [0, 0.1) is 21.6 Å². The second-order valence-electron chi connectivity index (χ2n) is 25.0. The Morgan fingerprint density at radius 2 is 0.803 bits per heavy atom. The van der Waals surface area contributed by atoms with Gasteiger partial charge in [0.1, 0.15) is 22.9 Å². The highest BCUT2D eigenvalue weighted by atomic mass is 32.2. The number of aromatic hydroxyl groups is 2. The average molecular weight is 991 g/mol. The van der Waals surface area contributed by atoms with Crippen LogP contribution in [0.15, 0.2) is 139 Å². The topological polar surface area (TPSA) is 137 Å². The van der Waals surface area contributed by atoms with Crippen LogP contribution in [0.5, 0.6) is 11.5 Å². The molecule has 10 heteroatoms. The first kappa shape index (κ1) is 54.7. The van der Waals surface area contributed by atoms with Crippen molar-refractivity contribution in [1.82, 2.24) is 0 Å². The third-order valence-electron chi connectivity index (χ3n) is 12.7. The number of allylic oxidation sites excluding steroid dienone is 6. The van der Waals surface area contributed by atoms with Crippen molar-refractivity contribution in [2.75, 3.05) is 10.9 Å². The summed E-state index contributed by atoms with van der Waals surface area (Å²) in [6.07, 6.45) is 13.2. The highest BCUT2D eigenvalue weighted by Crippen LogP contribution is 2.45. The summed E-state index contributed by atoms with van der Waals surface area (Å²) in [4.78, 5) is 4.07. The molecule has 0 saturated heterocycles. The fourth-order valence-electron chi connectivity index (χ4n) is 9.58. The smallest absolute Gasteiger partial charge is 0.144 e. The normalized spacial score (nSPS) is 16.2. The predicted molar refractivity (Wildman–Crippen MR) is 307 cm³/mol. The maximum absolute atomic E-state index is 12.2. The van der Waals surface area contributed by atoms with Crippen molar-refractivity contribution in [3.63, 3.8) is 0 Å². The van der Waals surface area contributed by atoms with Crippen molar-refractivity contribution in [3.05, 3.63) is 152 Å². The van der Waals surface area contributed by atoms with Crippen LogP contribution >= 0.6 is 23.5 Å². The van der Waals surface area contributed by atoms with E-state index in [9.17, 15) is 10.2 Å². The van der Waals surface area contributed by atoms with Gasteiger partial charge in [-0.05, 0) is 140 Å². The minimum atomic E-state index is -0.301. The molecular weight excluding hydrogens is 913 g/mol.